The number of hydrogen-bond donors (Lipinski definition) is 3. The molecule has 2 rings (SSSR count). The molecule has 0 aliphatic carbocycles. The van der Waals surface area contributed by atoms with Crippen LogP contribution in [0.25, 0.3) is 0 Å². The summed E-state index contributed by atoms with van der Waals surface area (Å²) in [6.45, 7) is 0.120. The molecule has 0 radical (unpaired) electrons. The van der Waals surface area contributed by atoms with E-state index < -0.39 is 6.10 Å². The molecule has 0 bridgehead atoms. The molecule has 0 saturated heterocycles. The van der Waals surface area contributed by atoms with E-state index in [-0.39, 0.29) is 6.61 Å². The number of aryl methyl sites for hydroxylation is 2. The summed E-state index contributed by atoms with van der Waals surface area (Å²) in [4.78, 5) is 4.01. The molecule has 1 heterocycles. The first-order chi connectivity index (χ1) is 9.79. The van der Waals surface area contributed by atoms with E-state index in [1.54, 1.807) is 12.4 Å². The molecule has 1 aromatic heterocycles. The molecule has 0 fully saturated rings. The topological polar surface area (TPSA) is 65.4 Å². The van der Waals surface area contributed by atoms with Gasteiger partial charge < -0.3 is 15.5 Å². The summed E-state index contributed by atoms with van der Waals surface area (Å²) >= 11 is 0. The summed E-state index contributed by atoms with van der Waals surface area (Å²) in [7, 11) is 0. The highest BCUT2D eigenvalue weighted by atomic mass is 16.3. The van der Waals surface area contributed by atoms with E-state index in [0.29, 0.717) is 6.54 Å². The number of aliphatic hydroxyl groups is 2. The van der Waals surface area contributed by atoms with Crippen molar-refractivity contribution >= 4 is 5.69 Å². The van der Waals surface area contributed by atoms with Gasteiger partial charge in [0, 0.05) is 24.6 Å². The first-order valence-corrected chi connectivity index (χ1v) is 6.79. The fourth-order valence-corrected chi connectivity index (χ4v) is 2.03. The molecular weight excluding hydrogens is 252 g/mol. The van der Waals surface area contributed by atoms with Crippen molar-refractivity contribution in [2.75, 3.05) is 18.5 Å². The molecule has 0 aliphatic rings. The summed E-state index contributed by atoms with van der Waals surface area (Å²) in [5.74, 6) is 0. The summed E-state index contributed by atoms with van der Waals surface area (Å²) in [6, 6.07) is 12.1. The Morgan fingerprint density at radius 1 is 1.05 bits per heavy atom. The molecule has 1 atom stereocenters. The van der Waals surface area contributed by atoms with Gasteiger partial charge in [-0.3, -0.25) is 4.98 Å². The molecule has 0 aliphatic heterocycles. The van der Waals surface area contributed by atoms with Crippen molar-refractivity contribution in [2.45, 2.75) is 18.9 Å². The van der Waals surface area contributed by atoms with Crippen LogP contribution in [0.3, 0.4) is 0 Å². The van der Waals surface area contributed by atoms with Gasteiger partial charge in [0.1, 0.15) is 0 Å². The van der Waals surface area contributed by atoms with Crippen LogP contribution in [0.5, 0.6) is 0 Å². The maximum atomic E-state index is 9.40. The average molecular weight is 272 g/mol. The van der Waals surface area contributed by atoms with Gasteiger partial charge in [-0.15, -0.1) is 0 Å². The van der Waals surface area contributed by atoms with E-state index >= 15 is 0 Å². The zero-order valence-corrected chi connectivity index (χ0v) is 11.4. The second kappa shape index (κ2) is 7.62. The quantitative estimate of drug-likeness (QED) is 0.717. The van der Waals surface area contributed by atoms with Crippen molar-refractivity contribution in [2.24, 2.45) is 0 Å². The average Bonchev–Trinajstić information content (AvgIpc) is 2.52. The van der Waals surface area contributed by atoms with Crippen molar-refractivity contribution in [3.8, 4) is 0 Å². The Bertz CT molecular complexity index is 517. The van der Waals surface area contributed by atoms with Crippen LogP contribution in [0.2, 0.25) is 0 Å². The Morgan fingerprint density at radius 3 is 2.55 bits per heavy atom. The lowest BCUT2D eigenvalue weighted by molar-refractivity contribution is 0.105. The molecule has 0 saturated carbocycles. The van der Waals surface area contributed by atoms with E-state index in [1.165, 1.54) is 11.1 Å². The SMILES string of the molecule is OCC(O)CNc1ccccc1CCc1ccncc1. The highest BCUT2D eigenvalue weighted by Gasteiger charge is 2.05. The number of para-hydroxylation sites is 1. The highest BCUT2D eigenvalue weighted by Crippen LogP contribution is 2.17. The van der Waals surface area contributed by atoms with Gasteiger partial charge in [0.15, 0.2) is 0 Å². The van der Waals surface area contributed by atoms with Gasteiger partial charge in [-0.1, -0.05) is 18.2 Å². The first-order valence-electron chi connectivity index (χ1n) is 6.79. The van der Waals surface area contributed by atoms with Gasteiger partial charge >= 0.3 is 0 Å². The zero-order chi connectivity index (χ0) is 14.2. The van der Waals surface area contributed by atoms with Crippen molar-refractivity contribution in [1.29, 1.82) is 0 Å². The molecule has 106 valence electrons. The van der Waals surface area contributed by atoms with E-state index in [1.807, 2.05) is 30.3 Å². The van der Waals surface area contributed by atoms with Gasteiger partial charge in [-0.05, 0) is 42.2 Å². The summed E-state index contributed by atoms with van der Waals surface area (Å²) in [6.07, 6.45) is 4.74. The number of anilines is 1. The third kappa shape index (κ3) is 4.33. The minimum atomic E-state index is -0.733. The number of aliphatic hydroxyl groups excluding tert-OH is 2. The largest absolute Gasteiger partial charge is 0.394 e. The number of pyridine rings is 1. The first kappa shape index (κ1) is 14.5. The standard InChI is InChI=1S/C16H20N2O2/c19-12-15(20)11-18-16-4-2-1-3-14(16)6-5-13-7-9-17-10-8-13/h1-4,7-10,15,18-20H,5-6,11-12H2. The molecule has 2 aromatic rings. The number of nitrogens with zero attached hydrogens (tertiary/aromatic N) is 1. The van der Waals surface area contributed by atoms with Crippen molar-refractivity contribution < 1.29 is 10.2 Å². The van der Waals surface area contributed by atoms with E-state index in [0.717, 1.165) is 18.5 Å². The van der Waals surface area contributed by atoms with Crippen LogP contribution >= 0.6 is 0 Å². The fraction of sp³-hybridized carbons (Fsp3) is 0.312. The smallest absolute Gasteiger partial charge is 0.0942 e. The van der Waals surface area contributed by atoms with Gasteiger partial charge in [0.2, 0.25) is 0 Å². The van der Waals surface area contributed by atoms with E-state index in [4.69, 9.17) is 5.11 Å². The summed E-state index contributed by atoms with van der Waals surface area (Å²) < 4.78 is 0. The van der Waals surface area contributed by atoms with Crippen LogP contribution in [0.15, 0.2) is 48.8 Å². The molecule has 0 amide bonds. The van der Waals surface area contributed by atoms with Gasteiger partial charge in [-0.25, -0.2) is 0 Å². The molecule has 20 heavy (non-hydrogen) atoms. The van der Waals surface area contributed by atoms with Crippen LogP contribution in [-0.4, -0.2) is 34.5 Å². The number of hydrogen-bond acceptors (Lipinski definition) is 4. The Balaban J connectivity index is 1.97. The second-order valence-corrected chi connectivity index (χ2v) is 4.73. The third-order valence-corrected chi connectivity index (χ3v) is 3.19. The lowest BCUT2D eigenvalue weighted by atomic mass is 10.0. The van der Waals surface area contributed by atoms with Crippen LogP contribution in [-0.2, 0) is 12.8 Å². The molecule has 4 nitrogen and oxygen atoms in total. The van der Waals surface area contributed by atoms with Crippen LogP contribution in [0, 0.1) is 0 Å². The van der Waals surface area contributed by atoms with Crippen molar-refractivity contribution in [3.63, 3.8) is 0 Å². The van der Waals surface area contributed by atoms with Crippen LogP contribution in [0.4, 0.5) is 5.69 Å². The molecular formula is C16H20N2O2. The second-order valence-electron chi connectivity index (χ2n) is 4.73. The summed E-state index contributed by atoms with van der Waals surface area (Å²) in [5, 5.41) is 21.4. The van der Waals surface area contributed by atoms with E-state index in [9.17, 15) is 5.11 Å². The molecule has 0 spiro atoms. The lowest BCUT2D eigenvalue weighted by Crippen LogP contribution is -2.23. The van der Waals surface area contributed by atoms with Gasteiger partial charge in [0.25, 0.3) is 0 Å². The minimum Gasteiger partial charge on any atom is -0.394 e. The fourth-order valence-electron chi connectivity index (χ4n) is 2.03. The van der Waals surface area contributed by atoms with Crippen LogP contribution in [0.1, 0.15) is 11.1 Å². The number of aromatic nitrogens is 1. The third-order valence-electron chi connectivity index (χ3n) is 3.19. The minimum absolute atomic E-state index is 0.230. The predicted molar refractivity (Wildman–Crippen MR) is 79.7 cm³/mol. The van der Waals surface area contributed by atoms with Gasteiger partial charge in [0.05, 0.1) is 12.7 Å². The molecule has 4 heteroatoms. The maximum Gasteiger partial charge on any atom is 0.0942 e. The number of benzene rings is 1. The van der Waals surface area contributed by atoms with E-state index in [2.05, 4.69) is 16.4 Å². The molecule has 3 N–H and O–H groups in total. The normalized spacial score (nSPS) is 12.1. The number of nitrogens with one attached hydrogen (secondary N) is 1. The lowest BCUT2D eigenvalue weighted by Gasteiger charge is -2.14. The monoisotopic (exact) mass is 272 g/mol. The maximum absolute atomic E-state index is 9.40. The predicted octanol–water partition coefficient (Wildman–Crippen LogP) is 1.63. The zero-order valence-electron chi connectivity index (χ0n) is 11.4. The van der Waals surface area contributed by atoms with Crippen molar-refractivity contribution in [1.82, 2.24) is 4.98 Å². The Kier molecular flexibility index (Phi) is 5.53. The summed E-state index contributed by atoms with van der Waals surface area (Å²) in [5.41, 5.74) is 3.47. The Hall–Kier alpha value is -1.91. The molecule has 1 aromatic carbocycles. The number of rotatable bonds is 7. The Labute approximate surface area is 119 Å². The van der Waals surface area contributed by atoms with Crippen LogP contribution < -0.4 is 5.32 Å². The van der Waals surface area contributed by atoms with Gasteiger partial charge in [-0.2, -0.15) is 0 Å². The van der Waals surface area contributed by atoms with Crippen molar-refractivity contribution in [3.05, 3.63) is 59.9 Å². The molecule has 1 unspecified atom stereocenters. The Morgan fingerprint density at radius 2 is 1.80 bits per heavy atom. The highest BCUT2D eigenvalue weighted by molar-refractivity contribution is 5.51.